The molecule has 6 heteroatoms. The van der Waals surface area contributed by atoms with Crippen LogP contribution in [0.3, 0.4) is 0 Å². The van der Waals surface area contributed by atoms with Gasteiger partial charge in [-0.1, -0.05) is 6.92 Å². The van der Waals surface area contributed by atoms with Crippen LogP contribution in [0.4, 0.5) is 5.69 Å². The van der Waals surface area contributed by atoms with E-state index in [4.69, 9.17) is 15.2 Å². The highest BCUT2D eigenvalue weighted by Crippen LogP contribution is 2.28. The Bertz CT molecular complexity index is 548. The number of nitrogens with zero attached hydrogens (tertiary/aromatic N) is 2. The first-order chi connectivity index (χ1) is 11.6. The molecule has 1 unspecified atom stereocenters. The molecule has 1 atom stereocenters. The number of guanidine groups is 1. The van der Waals surface area contributed by atoms with E-state index in [1.165, 1.54) is 25.9 Å². The lowest BCUT2D eigenvalue weighted by Gasteiger charge is -2.30. The van der Waals surface area contributed by atoms with Crippen molar-refractivity contribution in [3.63, 3.8) is 0 Å². The second-order valence-electron chi connectivity index (χ2n) is 6.36. The van der Waals surface area contributed by atoms with Gasteiger partial charge < -0.3 is 25.4 Å². The first kappa shape index (κ1) is 18.4. The van der Waals surface area contributed by atoms with Crippen LogP contribution in [0.15, 0.2) is 23.2 Å². The largest absolute Gasteiger partial charge is 0.497 e. The van der Waals surface area contributed by atoms with Crippen molar-refractivity contribution >= 4 is 11.6 Å². The van der Waals surface area contributed by atoms with Gasteiger partial charge in [0.15, 0.2) is 5.96 Å². The summed E-state index contributed by atoms with van der Waals surface area (Å²) < 4.78 is 10.6. The maximum atomic E-state index is 5.99. The number of benzene rings is 1. The van der Waals surface area contributed by atoms with Crippen LogP contribution in [-0.2, 0) is 0 Å². The van der Waals surface area contributed by atoms with E-state index in [-0.39, 0.29) is 0 Å². The molecule has 0 saturated carbocycles. The third-order valence-electron chi connectivity index (χ3n) is 4.33. The van der Waals surface area contributed by atoms with E-state index in [2.05, 4.69) is 22.1 Å². The second kappa shape index (κ2) is 9.37. The first-order valence-corrected chi connectivity index (χ1v) is 8.63. The number of nitrogens with one attached hydrogen (secondary N) is 1. The Morgan fingerprint density at radius 2 is 2.21 bits per heavy atom. The van der Waals surface area contributed by atoms with Gasteiger partial charge in [-0.3, -0.25) is 4.99 Å². The molecule has 3 N–H and O–H groups in total. The zero-order valence-corrected chi connectivity index (χ0v) is 15.0. The Labute approximate surface area is 145 Å². The van der Waals surface area contributed by atoms with Crippen LogP contribution in [0.25, 0.3) is 0 Å². The van der Waals surface area contributed by atoms with Gasteiger partial charge in [0.05, 0.1) is 19.9 Å². The molecule has 1 aliphatic heterocycles. The predicted octanol–water partition coefficient (Wildman–Crippen LogP) is 2.55. The van der Waals surface area contributed by atoms with Crippen molar-refractivity contribution in [2.75, 3.05) is 45.7 Å². The highest BCUT2D eigenvalue weighted by atomic mass is 16.5. The number of ether oxygens (including phenoxy) is 2. The lowest BCUT2D eigenvalue weighted by Crippen LogP contribution is -2.35. The number of anilines is 1. The molecule has 0 bridgehead atoms. The normalized spacial score (nSPS) is 19.1. The SMILES string of the molecule is COc1ccc(OC)c(NC(N)=NCCCN2CCCC(C)C2)c1. The van der Waals surface area contributed by atoms with Gasteiger partial charge in [0.25, 0.3) is 0 Å². The van der Waals surface area contributed by atoms with E-state index in [9.17, 15) is 0 Å². The Balaban J connectivity index is 1.81. The maximum Gasteiger partial charge on any atom is 0.193 e. The van der Waals surface area contributed by atoms with Crippen molar-refractivity contribution in [1.29, 1.82) is 0 Å². The summed E-state index contributed by atoms with van der Waals surface area (Å²) in [5.74, 6) is 2.66. The average Bonchev–Trinajstić information content (AvgIpc) is 2.58. The van der Waals surface area contributed by atoms with Crippen molar-refractivity contribution in [2.24, 2.45) is 16.6 Å². The Morgan fingerprint density at radius 1 is 1.38 bits per heavy atom. The molecule has 0 amide bonds. The summed E-state index contributed by atoms with van der Waals surface area (Å²) in [6.07, 6.45) is 3.68. The molecule has 1 fully saturated rings. The summed E-state index contributed by atoms with van der Waals surface area (Å²) in [6, 6.07) is 5.53. The fraction of sp³-hybridized carbons (Fsp3) is 0.611. The quantitative estimate of drug-likeness (QED) is 0.455. The molecule has 6 nitrogen and oxygen atoms in total. The van der Waals surface area contributed by atoms with Crippen LogP contribution >= 0.6 is 0 Å². The van der Waals surface area contributed by atoms with E-state index in [1.54, 1.807) is 14.2 Å². The Morgan fingerprint density at radius 3 is 2.92 bits per heavy atom. The van der Waals surface area contributed by atoms with Gasteiger partial charge in [-0.25, -0.2) is 0 Å². The molecule has 24 heavy (non-hydrogen) atoms. The lowest BCUT2D eigenvalue weighted by molar-refractivity contribution is 0.183. The fourth-order valence-corrected chi connectivity index (χ4v) is 3.07. The lowest BCUT2D eigenvalue weighted by atomic mass is 10.0. The standard InChI is InChI=1S/C18H30N4O2/c1-14-6-4-10-22(13-14)11-5-9-20-18(19)21-16-12-15(23-2)7-8-17(16)24-3/h7-8,12,14H,4-6,9-11,13H2,1-3H3,(H3,19,20,21). The number of nitrogens with two attached hydrogens (primary N) is 1. The van der Waals surface area contributed by atoms with E-state index in [0.717, 1.165) is 36.9 Å². The number of likely N-dealkylation sites (tertiary alicyclic amines) is 1. The van der Waals surface area contributed by atoms with Gasteiger partial charge in [-0.05, 0) is 50.4 Å². The van der Waals surface area contributed by atoms with Gasteiger partial charge >= 0.3 is 0 Å². The molecule has 1 aromatic carbocycles. The molecule has 0 radical (unpaired) electrons. The number of hydrogen-bond acceptors (Lipinski definition) is 4. The van der Waals surface area contributed by atoms with Gasteiger partial charge in [0.1, 0.15) is 11.5 Å². The third-order valence-corrected chi connectivity index (χ3v) is 4.33. The molecule has 1 aromatic rings. The minimum Gasteiger partial charge on any atom is -0.497 e. The van der Waals surface area contributed by atoms with E-state index in [0.29, 0.717) is 11.7 Å². The molecule has 0 aliphatic carbocycles. The van der Waals surface area contributed by atoms with Crippen LogP contribution in [0.1, 0.15) is 26.2 Å². The van der Waals surface area contributed by atoms with Crippen molar-refractivity contribution in [3.8, 4) is 11.5 Å². The summed E-state index contributed by atoms with van der Waals surface area (Å²) in [5, 5.41) is 3.09. The number of hydrogen-bond donors (Lipinski definition) is 2. The summed E-state index contributed by atoms with van der Waals surface area (Å²) in [4.78, 5) is 6.94. The van der Waals surface area contributed by atoms with Crippen LogP contribution in [0.5, 0.6) is 11.5 Å². The minimum atomic E-state index is 0.397. The summed E-state index contributed by atoms with van der Waals surface area (Å²) >= 11 is 0. The summed E-state index contributed by atoms with van der Waals surface area (Å²) in [5.41, 5.74) is 6.74. The molecular formula is C18H30N4O2. The van der Waals surface area contributed by atoms with Crippen molar-refractivity contribution < 1.29 is 9.47 Å². The second-order valence-corrected chi connectivity index (χ2v) is 6.36. The molecule has 134 valence electrons. The topological polar surface area (TPSA) is 72.1 Å². The molecule has 0 spiro atoms. The first-order valence-electron chi connectivity index (χ1n) is 8.63. The van der Waals surface area contributed by atoms with E-state index in [1.807, 2.05) is 18.2 Å². The summed E-state index contributed by atoms with van der Waals surface area (Å²) in [6.45, 7) is 6.55. The molecule has 0 aromatic heterocycles. The maximum absolute atomic E-state index is 5.99. The molecule has 2 rings (SSSR count). The number of aliphatic imine (C=N–C) groups is 1. The van der Waals surface area contributed by atoms with Gasteiger partial charge in [-0.15, -0.1) is 0 Å². The number of piperidine rings is 1. The zero-order valence-electron chi connectivity index (χ0n) is 15.0. The van der Waals surface area contributed by atoms with Gasteiger partial charge in [-0.2, -0.15) is 0 Å². The van der Waals surface area contributed by atoms with Gasteiger partial charge in [0.2, 0.25) is 0 Å². The third kappa shape index (κ3) is 5.60. The van der Waals surface area contributed by atoms with Crippen LogP contribution in [0, 0.1) is 5.92 Å². The van der Waals surface area contributed by atoms with Crippen molar-refractivity contribution in [2.45, 2.75) is 26.2 Å². The zero-order chi connectivity index (χ0) is 17.4. The Kier molecular flexibility index (Phi) is 7.18. The molecule has 1 aliphatic rings. The van der Waals surface area contributed by atoms with Crippen LogP contribution in [-0.4, -0.2) is 51.3 Å². The monoisotopic (exact) mass is 334 g/mol. The number of methoxy groups -OCH3 is 2. The predicted molar refractivity (Wildman–Crippen MR) is 99.1 cm³/mol. The summed E-state index contributed by atoms with van der Waals surface area (Å²) in [7, 11) is 3.25. The average molecular weight is 334 g/mol. The fourth-order valence-electron chi connectivity index (χ4n) is 3.07. The van der Waals surface area contributed by atoms with E-state index < -0.39 is 0 Å². The van der Waals surface area contributed by atoms with Gasteiger partial charge in [0, 0.05) is 19.2 Å². The highest BCUT2D eigenvalue weighted by Gasteiger charge is 2.15. The Hall–Kier alpha value is -1.95. The van der Waals surface area contributed by atoms with E-state index >= 15 is 0 Å². The smallest absolute Gasteiger partial charge is 0.193 e. The van der Waals surface area contributed by atoms with Crippen LogP contribution in [0.2, 0.25) is 0 Å². The molecule has 1 saturated heterocycles. The number of rotatable bonds is 7. The molecule has 1 heterocycles. The van der Waals surface area contributed by atoms with Crippen molar-refractivity contribution in [1.82, 2.24) is 4.90 Å². The molecular weight excluding hydrogens is 304 g/mol. The van der Waals surface area contributed by atoms with Crippen molar-refractivity contribution in [3.05, 3.63) is 18.2 Å². The minimum absolute atomic E-state index is 0.397. The van der Waals surface area contributed by atoms with Crippen LogP contribution < -0.4 is 20.5 Å². The highest BCUT2D eigenvalue weighted by molar-refractivity contribution is 5.93.